The summed E-state index contributed by atoms with van der Waals surface area (Å²) in [6, 6.07) is 0. The second-order valence-electron chi connectivity index (χ2n) is 2.95. The lowest BCUT2D eigenvalue weighted by Gasteiger charge is -1.99. The van der Waals surface area contributed by atoms with E-state index in [1.54, 1.807) is 22.2 Å². The summed E-state index contributed by atoms with van der Waals surface area (Å²) in [6.07, 6.45) is 2.50. The molecular weight excluding hydrogens is 198 g/mol. The average molecular weight is 209 g/mol. The van der Waals surface area contributed by atoms with Crippen LogP contribution in [0.15, 0.2) is 11.6 Å². The fourth-order valence-corrected chi connectivity index (χ4v) is 1.95. The molecule has 5 nitrogen and oxygen atoms in total. The lowest BCUT2D eigenvalue weighted by Crippen LogP contribution is -2.08. The zero-order valence-corrected chi connectivity index (χ0v) is 8.66. The first-order valence-electron chi connectivity index (χ1n) is 4.33. The minimum atomic E-state index is 0.595. The lowest BCUT2D eigenvalue weighted by atomic mass is 10.3. The van der Waals surface area contributed by atoms with E-state index in [9.17, 15) is 0 Å². The lowest BCUT2D eigenvalue weighted by molar-refractivity contribution is 0.748. The van der Waals surface area contributed by atoms with Crippen molar-refractivity contribution in [2.24, 2.45) is 5.73 Å². The summed E-state index contributed by atoms with van der Waals surface area (Å²) in [5, 5.41) is 10.7. The molecule has 2 heterocycles. The highest BCUT2D eigenvalue weighted by Crippen LogP contribution is 2.14. The Morgan fingerprint density at radius 1 is 1.57 bits per heavy atom. The van der Waals surface area contributed by atoms with E-state index in [1.165, 1.54) is 0 Å². The summed E-state index contributed by atoms with van der Waals surface area (Å²) >= 11 is 1.56. The average Bonchev–Trinajstić information content (AvgIpc) is 2.74. The van der Waals surface area contributed by atoms with Gasteiger partial charge < -0.3 is 5.73 Å². The largest absolute Gasteiger partial charge is 0.330 e. The Morgan fingerprint density at radius 3 is 3.07 bits per heavy atom. The van der Waals surface area contributed by atoms with Crippen molar-refractivity contribution in [1.29, 1.82) is 0 Å². The molecule has 0 atom stereocenters. The van der Waals surface area contributed by atoms with E-state index in [0.717, 1.165) is 22.9 Å². The van der Waals surface area contributed by atoms with Crippen molar-refractivity contribution in [1.82, 2.24) is 20.0 Å². The smallest absolute Gasteiger partial charge is 0.212 e. The van der Waals surface area contributed by atoms with Crippen LogP contribution >= 0.6 is 11.3 Å². The third kappa shape index (κ3) is 1.66. The van der Waals surface area contributed by atoms with Crippen molar-refractivity contribution in [3.05, 3.63) is 23.0 Å². The van der Waals surface area contributed by atoms with Crippen molar-refractivity contribution < 1.29 is 0 Å². The number of hydrogen-bond donors (Lipinski definition) is 1. The Bertz CT molecular complexity index is 419. The summed E-state index contributed by atoms with van der Waals surface area (Å²) in [6.45, 7) is 2.55. The van der Waals surface area contributed by atoms with Crippen molar-refractivity contribution in [3.8, 4) is 5.13 Å². The zero-order chi connectivity index (χ0) is 9.97. The molecule has 74 valence electrons. The van der Waals surface area contributed by atoms with Crippen LogP contribution in [0.1, 0.15) is 11.4 Å². The Labute approximate surface area is 85.6 Å². The molecule has 0 aliphatic rings. The third-order valence-corrected chi connectivity index (χ3v) is 2.74. The number of aromatic nitrogens is 4. The molecule has 0 aliphatic carbocycles. The second-order valence-corrected chi connectivity index (χ2v) is 3.78. The maximum atomic E-state index is 5.49. The highest BCUT2D eigenvalue weighted by Gasteiger charge is 2.07. The van der Waals surface area contributed by atoms with Gasteiger partial charge in [-0.2, -0.15) is 4.68 Å². The number of aryl methyl sites for hydroxylation is 1. The van der Waals surface area contributed by atoms with Crippen molar-refractivity contribution >= 4 is 11.3 Å². The molecule has 2 aromatic rings. The summed E-state index contributed by atoms with van der Waals surface area (Å²) in [5.74, 6) is 0. The molecule has 14 heavy (non-hydrogen) atoms. The van der Waals surface area contributed by atoms with Crippen LogP contribution in [-0.4, -0.2) is 26.5 Å². The monoisotopic (exact) mass is 209 g/mol. The second kappa shape index (κ2) is 3.85. The number of thiazole rings is 1. The van der Waals surface area contributed by atoms with Gasteiger partial charge in [0.1, 0.15) is 0 Å². The van der Waals surface area contributed by atoms with E-state index in [-0.39, 0.29) is 0 Å². The highest BCUT2D eigenvalue weighted by atomic mass is 32.1. The minimum absolute atomic E-state index is 0.595. The van der Waals surface area contributed by atoms with Crippen LogP contribution in [0.4, 0.5) is 0 Å². The van der Waals surface area contributed by atoms with Gasteiger partial charge in [-0.3, -0.25) is 0 Å². The molecular formula is C8H11N5S. The molecule has 0 radical (unpaired) electrons. The van der Waals surface area contributed by atoms with E-state index >= 15 is 0 Å². The SMILES string of the molecule is Cc1csc(-n2nncc2CCN)n1. The maximum Gasteiger partial charge on any atom is 0.212 e. The molecule has 0 aliphatic heterocycles. The van der Waals surface area contributed by atoms with Crippen LogP contribution in [-0.2, 0) is 6.42 Å². The van der Waals surface area contributed by atoms with Gasteiger partial charge in [0.25, 0.3) is 0 Å². The van der Waals surface area contributed by atoms with E-state index < -0.39 is 0 Å². The molecule has 0 saturated carbocycles. The topological polar surface area (TPSA) is 69.6 Å². The fraction of sp³-hybridized carbons (Fsp3) is 0.375. The fourth-order valence-electron chi connectivity index (χ4n) is 1.17. The first-order valence-corrected chi connectivity index (χ1v) is 5.21. The van der Waals surface area contributed by atoms with E-state index in [4.69, 9.17) is 5.73 Å². The van der Waals surface area contributed by atoms with Crippen LogP contribution in [0.5, 0.6) is 0 Å². The summed E-state index contributed by atoms with van der Waals surface area (Å²) in [7, 11) is 0. The van der Waals surface area contributed by atoms with E-state index in [0.29, 0.717) is 6.54 Å². The first kappa shape index (κ1) is 9.29. The summed E-state index contributed by atoms with van der Waals surface area (Å²) in [5.41, 5.74) is 7.49. The summed E-state index contributed by atoms with van der Waals surface area (Å²) in [4.78, 5) is 4.33. The third-order valence-electron chi connectivity index (χ3n) is 1.81. The maximum absolute atomic E-state index is 5.49. The minimum Gasteiger partial charge on any atom is -0.330 e. The molecule has 0 saturated heterocycles. The van der Waals surface area contributed by atoms with Crippen LogP contribution in [0.2, 0.25) is 0 Å². The van der Waals surface area contributed by atoms with Gasteiger partial charge in [0, 0.05) is 11.8 Å². The molecule has 0 aromatic carbocycles. The van der Waals surface area contributed by atoms with Gasteiger partial charge in [-0.15, -0.1) is 16.4 Å². The Morgan fingerprint density at radius 2 is 2.43 bits per heavy atom. The molecule has 2 aromatic heterocycles. The Kier molecular flexibility index (Phi) is 2.55. The van der Waals surface area contributed by atoms with E-state index in [2.05, 4.69) is 15.3 Å². The molecule has 2 rings (SSSR count). The molecule has 0 spiro atoms. The van der Waals surface area contributed by atoms with Crippen LogP contribution in [0.25, 0.3) is 5.13 Å². The molecule has 0 fully saturated rings. The summed E-state index contributed by atoms with van der Waals surface area (Å²) < 4.78 is 1.74. The number of nitrogens with two attached hydrogens (primary N) is 1. The number of hydrogen-bond acceptors (Lipinski definition) is 5. The number of rotatable bonds is 3. The van der Waals surface area contributed by atoms with Gasteiger partial charge >= 0.3 is 0 Å². The van der Waals surface area contributed by atoms with Crippen LogP contribution < -0.4 is 5.73 Å². The highest BCUT2D eigenvalue weighted by molar-refractivity contribution is 7.12. The molecule has 0 amide bonds. The van der Waals surface area contributed by atoms with Crippen LogP contribution in [0.3, 0.4) is 0 Å². The van der Waals surface area contributed by atoms with Gasteiger partial charge in [-0.1, -0.05) is 5.21 Å². The van der Waals surface area contributed by atoms with E-state index in [1.807, 2.05) is 12.3 Å². The Hall–Kier alpha value is -1.27. The molecule has 0 unspecified atom stereocenters. The van der Waals surface area contributed by atoms with Gasteiger partial charge in [-0.05, 0) is 13.5 Å². The van der Waals surface area contributed by atoms with Crippen LogP contribution in [0, 0.1) is 6.92 Å². The zero-order valence-electron chi connectivity index (χ0n) is 7.84. The number of nitrogens with zero attached hydrogens (tertiary/aromatic N) is 4. The van der Waals surface area contributed by atoms with Crippen molar-refractivity contribution in [3.63, 3.8) is 0 Å². The predicted molar refractivity (Wildman–Crippen MR) is 54.5 cm³/mol. The van der Waals surface area contributed by atoms with Gasteiger partial charge in [-0.25, -0.2) is 4.98 Å². The normalized spacial score (nSPS) is 10.7. The van der Waals surface area contributed by atoms with Crippen molar-refractivity contribution in [2.45, 2.75) is 13.3 Å². The molecule has 2 N–H and O–H groups in total. The first-order chi connectivity index (χ1) is 6.81. The van der Waals surface area contributed by atoms with Gasteiger partial charge in [0.05, 0.1) is 17.6 Å². The van der Waals surface area contributed by atoms with Gasteiger partial charge in [0.15, 0.2) is 0 Å². The van der Waals surface area contributed by atoms with Crippen molar-refractivity contribution in [2.75, 3.05) is 6.54 Å². The predicted octanol–water partition coefficient (Wildman–Crippen LogP) is 0.533. The molecule has 0 bridgehead atoms. The van der Waals surface area contributed by atoms with Gasteiger partial charge in [0.2, 0.25) is 5.13 Å². The Balaban J connectivity index is 2.36. The quantitative estimate of drug-likeness (QED) is 0.800. The molecule has 6 heteroatoms. The standard InChI is InChI=1S/C8H11N5S/c1-6-5-14-8(11-6)13-7(2-3-9)4-10-12-13/h4-5H,2-3,9H2,1H3.